The van der Waals surface area contributed by atoms with Gasteiger partial charge in [0.1, 0.15) is 11.5 Å². The fourth-order valence-electron chi connectivity index (χ4n) is 2.35. The summed E-state index contributed by atoms with van der Waals surface area (Å²) in [5.41, 5.74) is 0.292. The second-order valence-electron chi connectivity index (χ2n) is 4.91. The van der Waals surface area contributed by atoms with Gasteiger partial charge in [-0.25, -0.2) is 0 Å². The van der Waals surface area contributed by atoms with E-state index in [0.717, 1.165) is 37.8 Å². The van der Waals surface area contributed by atoms with E-state index in [9.17, 15) is 26.3 Å². The van der Waals surface area contributed by atoms with Crippen molar-refractivity contribution in [1.82, 2.24) is 0 Å². The number of hydrogen-bond acceptors (Lipinski definition) is 2. The summed E-state index contributed by atoms with van der Waals surface area (Å²) in [4.78, 5) is 0. The van der Waals surface area contributed by atoms with Gasteiger partial charge in [-0.05, 0) is 35.9 Å². The van der Waals surface area contributed by atoms with Crippen LogP contribution >= 0.6 is 8.58 Å². The van der Waals surface area contributed by atoms with E-state index in [1.165, 1.54) is 0 Å². The van der Waals surface area contributed by atoms with Crippen LogP contribution in [0.5, 0.6) is 11.5 Å². The average Bonchev–Trinajstić information content (AvgIpc) is 2.76. The first kappa shape index (κ1) is 17.2. The van der Waals surface area contributed by atoms with E-state index in [-0.39, 0.29) is 8.58 Å². The maximum absolute atomic E-state index is 12.3. The molecular formula is C13H13F6O2P. The van der Waals surface area contributed by atoms with Crippen molar-refractivity contribution in [2.45, 2.75) is 44.1 Å². The van der Waals surface area contributed by atoms with Crippen LogP contribution in [-0.2, 0) is 0 Å². The molecule has 1 saturated carbocycles. The highest BCUT2D eigenvalue weighted by Gasteiger charge is 2.34. The van der Waals surface area contributed by atoms with E-state index < -0.39 is 24.2 Å². The zero-order chi connectivity index (χ0) is 16.4. The molecule has 0 saturated heterocycles. The van der Waals surface area contributed by atoms with Crippen LogP contribution in [0.25, 0.3) is 0 Å². The summed E-state index contributed by atoms with van der Waals surface area (Å²) in [6.45, 7) is 0. The van der Waals surface area contributed by atoms with Gasteiger partial charge in [0.25, 0.3) is 0 Å². The highest BCUT2D eigenvalue weighted by atomic mass is 31.1. The van der Waals surface area contributed by atoms with Gasteiger partial charge in [0, 0.05) is 6.07 Å². The lowest BCUT2D eigenvalue weighted by atomic mass is 10.3. The number of hydrogen-bond donors (Lipinski definition) is 0. The molecule has 0 heterocycles. The van der Waals surface area contributed by atoms with Crippen molar-refractivity contribution >= 4 is 13.9 Å². The Morgan fingerprint density at radius 2 is 1.27 bits per heavy atom. The highest BCUT2D eigenvalue weighted by molar-refractivity contribution is 7.48. The van der Waals surface area contributed by atoms with Gasteiger partial charge >= 0.3 is 12.7 Å². The van der Waals surface area contributed by atoms with Gasteiger partial charge < -0.3 is 9.47 Å². The minimum atomic E-state index is -4.97. The van der Waals surface area contributed by atoms with Gasteiger partial charge in [-0.3, -0.25) is 0 Å². The second kappa shape index (κ2) is 6.52. The van der Waals surface area contributed by atoms with Crippen LogP contribution in [0.15, 0.2) is 18.2 Å². The van der Waals surface area contributed by atoms with Crippen molar-refractivity contribution < 1.29 is 35.8 Å². The lowest BCUT2D eigenvalue weighted by Crippen LogP contribution is -2.20. The third-order valence-electron chi connectivity index (χ3n) is 3.07. The van der Waals surface area contributed by atoms with E-state index in [1.807, 2.05) is 0 Å². The Hall–Kier alpha value is -1.17. The largest absolute Gasteiger partial charge is 0.573 e. The maximum atomic E-state index is 12.3. The lowest BCUT2D eigenvalue weighted by Gasteiger charge is -2.16. The molecule has 1 aromatic rings. The molecule has 0 N–H and O–H groups in total. The molecule has 0 bridgehead atoms. The lowest BCUT2D eigenvalue weighted by molar-refractivity contribution is -0.276. The molecule has 1 aliphatic carbocycles. The first-order valence-electron chi connectivity index (χ1n) is 6.54. The molecule has 0 aliphatic heterocycles. The van der Waals surface area contributed by atoms with Gasteiger partial charge in [0.2, 0.25) is 0 Å². The van der Waals surface area contributed by atoms with Crippen molar-refractivity contribution in [3.05, 3.63) is 18.2 Å². The standard InChI is InChI=1S/C13H13F6O2P/c14-12(15,16)20-8-5-9(21-13(17,18)19)7-11(6-8)22-10-3-1-2-4-10/h5-7,10,22H,1-4H2. The van der Waals surface area contributed by atoms with E-state index in [1.54, 1.807) is 0 Å². The summed E-state index contributed by atoms with van der Waals surface area (Å²) in [7, 11) is 0.129. The van der Waals surface area contributed by atoms with Gasteiger partial charge in [0.05, 0.1) is 0 Å². The number of rotatable bonds is 4. The second-order valence-corrected chi connectivity index (χ2v) is 6.60. The molecule has 0 amide bonds. The number of alkyl halides is 6. The molecule has 1 aliphatic rings. The molecule has 1 aromatic carbocycles. The van der Waals surface area contributed by atoms with Crippen molar-refractivity contribution in [1.29, 1.82) is 0 Å². The zero-order valence-corrected chi connectivity index (χ0v) is 12.2. The minimum absolute atomic E-state index is 0.129. The number of halogens is 6. The molecule has 9 heteroatoms. The molecule has 2 rings (SSSR count). The Kier molecular flexibility index (Phi) is 5.10. The molecule has 0 aromatic heterocycles. The van der Waals surface area contributed by atoms with Crippen LogP contribution < -0.4 is 14.8 Å². The molecule has 0 spiro atoms. The fraction of sp³-hybridized carbons (Fsp3) is 0.538. The Bertz CT molecular complexity index is 474. The first-order valence-corrected chi connectivity index (χ1v) is 7.61. The molecule has 0 radical (unpaired) electrons. The Morgan fingerprint density at radius 3 is 1.68 bits per heavy atom. The summed E-state index contributed by atoms with van der Waals surface area (Å²) in [5.74, 6) is -1.40. The summed E-state index contributed by atoms with van der Waals surface area (Å²) in [5, 5.41) is 0.368. The van der Waals surface area contributed by atoms with Crippen LogP contribution in [0.1, 0.15) is 25.7 Å². The number of benzene rings is 1. The van der Waals surface area contributed by atoms with E-state index in [4.69, 9.17) is 0 Å². The molecule has 1 fully saturated rings. The average molecular weight is 346 g/mol. The topological polar surface area (TPSA) is 18.5 Å². The predicted molar refractivity (Wildman–Crippen MR) is 70.0 cm³/mol. The molecule has 124 valence electrons. The summed E-state index contributed by atoms with van der Waals surface area (Å²) >= 11 is 0. The van der Waals surface area contributed by atoms with Crippen LogP contribution in [0, 0.1) is 0 Å². The monoisotopic (exact) mass is 346 g/mol. The summed E-state index contributed by atoms with van der Waals surface area (Å²) in [6.07, 6.45) is -6.02. The maximum Gasteiger partial charge on any atom is 0.573 e. The third-order valence-corrected chi connectivity index (χ3v) is 4.68. The minimum Gasteiger partial charge on any atom is -0.406 e. The Morgan fingerprint density at radius 1 is 0.818 bits per heavy atom. The Labute approximate surface area is 124 Å². The molecular weight excluding hydrogens is 333 g/mol. The molecule has 2 nitrogen and oxygen atoms in total. The normalized spacial score (nSPS) is 17.4. The predicted octanol–water partition coefficient (Wildman–Crippen LogP) is 4.73. The van der Waals surface area contributed by atoms with Crippen LogP contribution in [0.3, 0.4) is 0 Å². The smallest absolute Gasteiger partial charge is 0.406 e. The molecule has 1 unspecified atom stereocenters. The summed E-state index contributed by atoms with van der Waals surface area (Å²) < 4.78 is 81.0. The number of ether oxygens (including phenoxy) is 2. The van der Waals surface area contributed by atoms with Crippen LogP contribution in [0.4, 0.5) is 26.3 Å². The van der Waals surface area contributed by atoms with Gasteiger partial charge in [-0.2, -0.15) is 0 Å². The van der Waals surface area contributed by atoms with E-state index in [2.05, 4.69) is 9.47 Å². The van der Waals surface area contributed by atoms with Gasteiger partial charge in [0.15, 0.2) is 0 Å². The van der Waals surface area contributed by atoms with E-state index in [0.29, 0.717) is 17.0 Å². The fourth-order valence-corrected chi connectivity index (χ4v) is 3.97. The van der Waals surface area contributed by atoms with Crippen LogP contribution in [-0.4, -0.2) is 18.4 Å². The first-order chi connectivity index (χ1) is 10.1. The quantitative estimate of drug-likeness (QED) is 0.580. The summed E-state index contributed by atoms with van der Waals surface area (Å²) in [6, 6.07) is 2.82. The van der Waals surface area contributed by atoms with Crippen molar-refractivity contribution in [2.75, 3.05) is 0 Å². The molecule has 22 heavy (non-hydrogen) atoms. The molecule has 1 atom stereocenters. The van der Waals surface area contributed by atoms with Crippen molar-refractivity contribution in [3.8, 4) is 11.5 Å². The zero-order valence-electron chi connectivity index (χ0n) is 11.2. The Balaban J connectivity index is 2.22. The highest BCUT2D eigenvalue weighted by Crippen LogP contribution is 2.36. The van der Waals surface area contributed by atoms with Gasteiger partial charge in [-0.15, -0.1) is 26.3 Å². The van der Waals surface area contributed by atoms with E-state index >= 15 is 0 Å². The van der Waals surface area contributed by atoms with Crippen molar-refractivity contribution in [3.63, 3.8) is 0 Å². The van der Waals surface area contributed by atoms with Gasteiger partial charge in [-0.1, -0.05) is 21.4 Å². The SMILES string of the molecule is FC(F)(F)Oc1cc(OC(F)(F)F)cc(PC2CCCC2)c1. The van der Waals surface area contributed by atoms with Crippen molar-refractivity contribution in [2.24, 2.45) is 0 Å². The van der Waals surface area contributed by atoms with Crippen LogP contribution in [0.2, 0.25) is 0 Å². The third kappa shape index (κ3) is 5.91.